The number of ether oxygens (including phenoxy) is 4. The Bertz CT molecular complexity index is 402. The fourth-order valence-corrected chi connectivity index (χ4v) is 1.56. The largest absolute Gasteiger partial charge is 0.460 e. The third-order valence-corrected chi connectivity index (χ3v) is 2.64. The maximum atomic E-state index is 11.3. The summed E-state index contributed by atoms with van der Waals surface area (Å²) in [4.78, 5) is 22.3. The molecule has 0 amide bonds. The van der Waals surface area contributed by atoms with E-state index in [0.717, 1.165) is 6.08 Å². The summed E-state index contributed by atoms with van der Waals surface area (Å²) in [6, 6.07) is 0. The van der Waals surface area contributed by atoms with Gasteiger partial charge in [0.1, 0.15) is 12.2 Å². The predicted molar refractivity (Wildman–Crippen MR) is 87.0 cm³/mol. The maximum absolute atomic E-state index is 11.3. The molecule has 0 aliphatic carbocycles. The summed E-state index contributed by atoms with van der Waals surface area (Å²) in [5.74, 6) is -0.810. The minimum absolute atomic E-state index is 0.181. The third kappa shape index (κ3) is 11.5. The van der Waals surface area contributed by atoms with Gasteiger partial charge in [-0.25, -0.2) is 4.79 Å². The lowest BCUT2D eigenvalue weighted by Crippen LogP contribution is -2.35. The number of esters is 2. The van der Waals surface area contributed by atoms with Gasteiger partial charge in [0.15, 0.2) is 0 Å². The molecule has 6 nitrogen and oxygen atoms in total. The molecule has 0 heterocycles. The minimum Gasteiger partial charge on any atom is -0.460 e. The van der Waals surface area contributed by atoms with Crippen molar-refractivity contribution in [2.45, 2.75) is 51.9 Å². The van der Waals surface area contributed by atoms with Gasteiger partial charge in [0.25, 0.3) is 0 Å². The first-order valence-corrected chi connectivity index (χ1v) is 7.55. The van der Waals surface area contributed by atoms with Gasteiger partial charge in [-0.15, -0.1) is 6.58 Å². The fourth-order valence-electron chi connectivity index (χ4n) is 1.56. The zero-order chi connectivity index (χ0) is 17.9. The quantitative estimate of drug-likeness (QED) is 0.311. The van der Waals surface area contributed by atoms with Crippen LogP contribution in [0.15, 0.2) is 25.3 Å². The van der Waals surface area contributed by atoms with E-state index in [1.807, 2.05) is 13.8 Å². The molecule has 2 unspecified atom stereocenters. The van der Waals surface area contributed by atoms with E-state index in [1.165, 1.54) is 6.08 Å². The van der Waals surface area contributed by atoms with Crippen LogP contribution >= 0.6 is 0 Å². The molecule has 0 aromatic heterocycles. The summed E-state index contributed by atoms with van der Waals surface area (Å²) in [5.41, 5.74) is -0.556. The maximum Gasteiger partial charge on any atom is 0.330 e. The summed E-state index contributed by atoms with van der Waals surface area (Å²) in [7, 11) is 0. The molecule has 0 bridgehead atoms. The second-order valence-electron chi connectivity index (χ2n) is 5.83. The van der Waals surface area contributed by atoms with E-state index in [-0.39, 0.29) is 37.8 Å². The average molecular weight is 328 g/mol. The summed E-state index contributed by atoms with van der Waals surface area (Å²) < 4.78 is 21.3. The van der Waals surface area contributed by atoms with Crippen molar-refractivity contribution in [3.05, 3.63) is 25.3 Å². The molecule has 23 heavy (non-hydrogen) atoms. The van der Waals surface area contributed by atoms with E-state index in [9.17, 15) is 9.59 Å². The van der Waals surface area contributed by atoms with Crippen molar-refractivity contribution in [1.82, 2.24) is 0 Å². The van der Waals surface area contributed by atoms with E-state index >= 15 is 0 Å². The molecule has 6 heteroatoms. The number of carbonyl (C=O) groups excluding carboxylic acids is 2. The molecule has 0 fully saturated rings. The van der Waals surface area contributed by atoms with Crippen molar-refractivity contribution in [2.75, 3.05) is 19.8 Å². The number of rotatable bonds is 12. The smallest absolute Gasteiger partial charge is 0.330 e. The van der Waals surface area contributed by atoms with Crippen LogP contribution in [0.3, 0.4) is 0 Å². The van der Waals surface area contributed by atoms with Crippen molar-refractivity contribution >= 4 is 11.9 Å². The van der Waals surface area contributed by atoms with Gasteiger partial charge < -0.3 is 18.9 Å². The van der Waals surface area contributed by atoms with Gasteiger partial charge in [-0.1, -0.05) is 12.7 Å². The number of hydrogen-bond acceptors (Lipinski definition) is 6. The first-order valence-electron chi connectivity index (χ1n) is 7.55. The normalized spacial score (nSPS) is 13.7. The second-order valence-corrected chi connectivity index (χ2v) is 5.83. The first kappa shape index (κ1) is 21.3. The number of carbonyl (C=O) groups is 2. The first-order chi connectivity index (χ1) is 10.7. The van der Waals surface area contributed by atoms with Gasteiger partial charge >= 0.3 is 11.9 Å². The van der Waals surface area contributed by atoms with Crippen molar-refractivity contribution in [2.24, 2.45) is 0 Å². The Labute approximate surface area is 138 Å². The predicted octanol–water partition coefficient (Wildman–Crippen LogP) is 2.42. The van der Waals surface area contributed by atoms with E-state index in [1.54, 1.807) is 13.8 Å². The second kappa shape index (κ2) is 11.0. The molecule has 0 aliphatic rings. The van der Waals surface area contributed by atoms with Crippen LogP contribution < -0.4 is 0 Å². The van der Waals surface area contributed by atoms with Crippen molar-refractivity contribution in [3.63, 3.8) is 0 Å². The SMILES string of the molecule is C=CCC(=O)OC(C)COCC(C)(C)OCC(C)OC(=O)C=C. The van der Waals surface area contributed by atoms with Gasteiger partial charge in [-0.05, 0) is 27.7 Å². The van der Waals surface area contributed by atoms with Gasteiger partial charge in [0.05, 0.1) is 31.8 Å². The Morgan fingerprint density at radius 2 is 1.70 bits per heavy atom. The lowest BCUT2D eigenvalue weighted by atomic mass is 10.1. The molecule has 0 spiro atoms. The molecule has 0 N–H and O–H groups in total. The van der Waals surface area contributed by atoms with Crippen LogP contribution in [-0.2, 0) is 28.5 Å². The van der Waals surface area contributed by atoms with Crippen molar-refractivity contribution in [3.8, 4) is 0 Å². The molecule has 0 radical (unpaired) electrons. The Kier molecular flexibility index (Phi) is 10.2. The van der Waals surface area contributed by atoms with Crippen LogP contribution in [0, 0.1) is 0 Å². The van der Waals surface area contributed by atoms with Crippen LogP contribution in [0.1, 0.15) is 34.1 Å². The summed E-state index contributed by atoms with van der Waals surface area (Å²) in [6.45, 7) is 14.9. The van der Waals surface area contributed by atoms with E-state index in [2.05, 4.69) is 13.2 Å². The number of hydrogen-bond donors (Lipinski definition) is 0. The van der Waals surface area contributed by atoms with E-state index < -0.39 is 11.6 Å². The lowest BCUT2D eigenvalue weighted by Gasteiger charge is -2.27. The van der Waals surface area contributed by atoms with E-state index in [4.69, 9.17) is 18.9 Å². The third-order valence-electron chi connectivity index (χ3n) is 2.64. The summed E-state index contributed by atoms with van der Waals surface area (Å²) in [6.07, 6.45) is 2.07. The molecule has 0 rings (SSSR count). The molecule has 0 aromatic rings. The van der Waals surface area contributed by atoms with Crippen LogP contribution in [0.25, 0.3) is 0 Å². The standard InChI is InChI=1S/C17H28O6/c1-7-9-16(19)23-13(3)10-20-12-17(5,6)21-11-14(4)22-15(18)8-2/h7-8,13-14H,1-2,9-12H2,3-6H3. The van der Waals surface area contributed by atoms with Gasteiger partial charge in [-0.2, -0.15) is 0 Å². The van der Waals surface area contributed by atoms with Crippen LogP contribution in [0.5, 0.6) is 0 Å². The highest BCUT2D eigenvalue weighted by molar-refractivity contribution is 5.81. The minimum atomic E-state index is -0.556. The Hall–Kier alpha value is -1.66. The fraction of sp³-hybridized carbons (Fsp3) is 0.647. The molecule has 132 valence electrons. The van der Waals surface area contributed by atoms with Gasteiger partial charge in [0.2, 0.25) is 0 Å². The lowest BCUT2D eigenvalue weighted by molar-refractivity contribution is -0.156. The van der Waals surface area contributed by atoms with Crippen LogP contribution in [0.2, 0.25) is 0 Å². The van der Waals surface area contributed by atoms with Gasteiger partial charge in [0, 0.05) is 6.08 Å². The van der Waals surface area contributed by atoms with Crippen molar-refractivity contribution < 1.29 is 28.5 Å². The Morgan fingerprint density at radius 1 is 1.09 bits per heavy atom. The Balaban J connectivity index is 3.98. The molecule has 2 atom stereocenters. The highest BCUT2D eigenvalue weighted by atomic mass is 16.6. The van der Waals surface area contributed by atoms with Crippen molar-refractivity contribution in [1.29, 1.82) is 0 Å². The Morgan fingerprint density at radius 3 is 2.26 bits per heavy atom. The highest BCUT2D eigenvalue weighted by Crippen LogP contribution is 2.12. The molecule has 0 aromatic carbocycles. The van der Waals surface area contributed by atoms with Gasteiger partial charge in [-0.3, -0.25) is 4.79 Å². The average Bonchev–Trinajstić information content (AvgIpc) is 2.45. The summed E-state index contributed by atoms with van der Waals surface area (Å²) >= 11 is 0. The molecule has 0 saturated carbocycles. The molecule has 0 saturated heterocycles. The van der Waals surface area contributed by atoms with Crippen LogP contribution in [-0.4, -0.2) is 49.6 Å². The molecular weight excluding hydrogens is 300 g/mol. The zero-order valence-corrected chi connectivity index (χ0v) is 14.5. The topological polar surface area (TPSA) is 71.1 Å². The summed E-state index contributed by atoms with van der Waals surface area (Å²) in [5, 5.41) is 0. The zero-order valence-electron chi connectivity index (χ0n) is 14.5. The van der Waals surface area contributed by atoms with E-state index in [0.29, 0.717) is 6.61 Å². The monoisotopic (exact) mass is 328 g/mol. The highest BCUT2D eigenvalue weighted by Gasteiger charge is 2.21. The molecule has 0 aliphatic heterocycles. The molecular formula is C17H28O6. The van der Waals surface area contributed by atoms with Crippen LogP contribution in [0.4, 0.5) is 0 Å².